The predicted molar refractivity (Wildman–Crippen MR) is 117 cm³/mol. The molecular weight excluding hydrogens is 380 g/mol. The number of hydrogen-bond donors (Lipinski definition) is 2. The van der Waals surface area contributed by atoms with Crippen LogP contribution in [0.25, 0.3) is 0 Å². The lowest BCUT2D eigenvalue weighted by molar-refractivity contribution is -0.219. The quantitative estimate of drug-likeness (QED) is 0.630. The van der Waals surface area contributed by atoms with Crippen LogP contribution in [0, 0.1) is 22.7 Å². The number of carbonyl (C=O) groups is 1. The van der Waals surface area contributed by atoms with Crippen LogP contribution in [0.3, 0.4) is 0 Å². The summed E-state index contributed by atoms with van der Waals surface area (Å²) in [4.78, 5) is 12.0. The Kier molecular flexibility index (Phi) is 6.19. The zero-order valence-electron chi connectivity index (χ0n) is 20.2. The largest absolute Gasteiger partial charge is 0.467 e. The van der Waals surface area contributed by atoms with Gasteiger partial charge in [-0.25, -0.2) is 4.79 Å². The Hall–Kier alpha value is -0.650. The summed E-state index contributed by atoms with van der Waals surface area (Å²) in [5, 5.41) is 22.8. The maximum Gasteiger partial charge on any atom is 0.340 e. The molecule has 0 spiro atoms. The second-order valence-electron chi connectivity index (χ2n) is 11.9. The van der Waals surface area contributed by atoms with Gasteiger partial charge in [-0.15, -0.1) is 0 Å². The molecule has 3 aliphatic rings. The van der Waals surface area contributed by atoms with Crippen LogP contribution >= 0.6 is 0 Å². The number of fused-ring (bicyclic) bond motifs is 1. The van der Waals surface area contributed by atoms with Crippen molar-refractivity contribution in [3.05, 3.63) is 0 Å². The summed E-state index contributed by atoms with van der Waals surface area (Å²) >= 11 is 0. The van der Waals surface area contributed by atoms with Crippen molar-refractivity contribution in [3.8, 4) is 0 Å². The molecule has 174 valence electrons. The van der Waals surface area contributed by atoms with Crippen LogP contribution in [0.15, 0.2) is 0 Å². The topological polar surface area (TPSA) is 76.0 Å². The van der Waals surface area contributed by atoms with E-state index in [9.17, 15) is 15.0 Å². The number of aliphatic hydroxyl groups is 2. The van der Waals surface area contributed by atoms with E-state index in [1.54, 1.807) is 0 Å². The van der Waals surface area contributed by atoms with Gasteiger partial charge in [0.15, 0.2) is 5.60 Å². The van der Waals surface area contributed by atoms with Crippen molar-refractivity contribution < 1.29 is 24.5 Å². The molecule has 5 heteroatoms. The molecule has 3 rings (SSSR count). The normalized spacial score (nSPS) is 45.4. The molecule has 0 radical (unpaired) electrons. The zero-order valence-corrected chi connectivity index (χ0v) is 20.2. The molecule has 2 aliphatic carbocycles. The second kappa shape index (κ2) is 7.74. The van der Waals surface area contributed by atoms with E-state index >= 15 is 0 Å². The Morgan fingerprint density at radius 1 is 1.10 bits per heavy atom. The molecule has 0 bridgehead atoms. The van der Waals surface area contributed by atoms with Crippen LogP contribution in [0.4, 0.5) is 0 Å². The summed E-state index contributed by atoms with van der Waals surface area (Å²) in [6, 6.07) is 0. The van der Waals surface area contributed by atoms with Crippen LogP contribution in [-0.2, 0) is 14.3 Å². The number of hydrogen-bond acceptors (Lipinski definition) is 5. The van der Waals surface area contributed by atoms with E-state index in [0.717, 1.165) is 25.7 Å². The first-order valence-corrected chi connectivity index (χ1v) is 11.9. The molecule has 0 amide bonds. The molecule has 0 aromatic carbocycles. The maximum atomic E-state index is 12.2. The van der Waals surface area contributed by atoms with Crippen LogP contribution in [-0.4, -0.2) is 46.2 Å². The number of ether oxygens (including phenoxy) is 2. The van der Waals surface area contributed by atoms with Gasteiger partial charge in [-0.3, -0.25) is 0 Å². The summed E-state index contributed by atoms with van der Waals surface area (Å²) in [7, 11) is 1.29. The number of rotatable bonds is 5. The van der Waals surface area contributed by atoms with Crippen molar-refractivity contribution in [1.82, 2.24) is 0 Å². The molecule has 0 aromatic heterocycles. The smallest absolute Gasteiger partial charge is 0.340 e. The Labute approximate surface area is 182 Å². The lowest BCUT2D eigenvalue weighted by Crippen LogP contribution is -2.62. The van der Waals surface area contributed by atoms with Gasteiger partial charge in [0, 0.05) is 0 Å². The minimum Gasteiger partial charge on any atom is -0.467 e. The monoisotopic (exact) mass is 424 g/mol. The highest BCUT2D eigenvalue weighted by atomic mass is 16.6. The number of esters is 1. The summed E-state index contributed by atoms with van der Waals surface area (Å²) in [5.41, 5.74) is -2.64. The lowest BCUT2D eigenvalue weighted by Gasteiger charge is -2.63. The van der Waals surface area contributed by atoms with Crippen molar-refractivity contribution >= 4 is 5.97 Å². The highest BCUT2D eigenvalue weighted by Gasteiger charge is 2.61. The number of carbonyl (C=O) groups excluding carboxylic acids is 1. The van der Waals surface area contributed by atoms with E-state index in [2.05, 4.69) is 34.6 Å². The summed E-state index contributed by atoms with van der Waals surface area (Å²) in [6.45, 7) is 12.8. The molecule has 0 aromatic rings. The first kappa shape index (κ1) is 24.0. The van der Waals surface area contributed by atoms with Crippen molar-refractivity contribution in [2.75, 3.05) is 7.11 Å². The molecule has 3 fully saturated rings. The van der Waals surface area contributed by atoms with Gasteiger partial charge >= 0.3 is 5.97 Å². The molecular formula is C25H44O5. The van der Waals surface area contributed by atoms with Gasteiger partial charge in [0.2, 0.25) is 0 Å². The van der Waals surface area contributed by atoms with Crippen LogP contribution < -0.4 is 0 Å². The highest BCUT2D eigenvalue weighted by molar-refractivity contribution is 5.79. The standard InChI is InChI=1S/C25H44O5/c1-17-9-10-18-21(2,3)12-8-13-23(18,5)25(17,28)16-15-22(4)14-11-19(30-22)24(6,27)20(26)29-7/h17-19,27-28H,8-16H2,1-7H3/t17-,18?,19-,22-,23+,24-,25-/m1/s1. The van der Waals surface area contributed by atoms with Gasteiger partial charge in [0.1, 0.15) is 0 Å². The number of methoxy groups -OCH3 is 1. The summed E-state index contributed by atoms with van der Waals surface area (Å²) < 4.78 is 11.0. The maximum absolute atomic E-state index is 12.2. The van der Waals surface area contributed by atoms with Gasteiger partial charge in [0.25, 0.3) is 0 Å². The molecule has 30 heavy (non-hydrogen) atoms. The third-order valence-electron chi connectivity index (χ3n) is 9.54. The molecule has 1 heterocycles. The third kappa shape index (κ3) is 3.73. The fourth-order valence-corrected chi connectivity index (χ4v) is 7.37. The zero-order chi connectivity index (χ0) is 22.6. The van der Waals surface area contributed by atoms with Crippen molar-refractivity contribution in [2.45, 2.75) is 122 Å². The highest BCUT2D eigenvalue weighted by Crippen LogP contribution is 2.64. The first-order valence-electron chi connectivity index (χ1n) is 11.9. The fraction of sp³-hybridized carbons (Fsp3) is 0.960. The minimum absolute atomic E-state index is 0.0850. The molecule has 2 saturated carbocycles. The third-order valence-corrected chi connectivity index (χ3v) is 9.54. The van der Waals surface area contributed by atoms with Crippen LogP contribution in [0.5, 0.6) is 0 Å². The van der Waals surface area contributed by atoms with Gasteiger partial charge in [-0.2, -0.15) is 0 Å². The van der Waals surface area contributed by atoms with Gasteiger partial charge in [0.05, 0.1) is 24.4 Å². The van der Waals surface area contributed by atoms with E-state index in [-0.39, 0.29) is 16.7 Å². The fourth-order valence-electron chi connectivity index (χ4n) is 7.37. The van der Waals surface area contributed by atoms with Crippen LogP contribution in [0.1, 0.15) is 99.3 Å². The molecule has 5 nitrogen and oxygen atoms in total. The Morgan fingerprint density at radius 2 is 1.77 bits per heavy atom. The van der Waals surface area contributed by atoms with E-state index in [0.29, 0.717) is 18.8 Å². The van der Waals surface area contributed by atoms with E-state index in [1.807, 2.05) is 0 Å². The minimum atomic E-state index is -1.65. The van der Waals surface area contributed by atoms with Crippen molar-refractivity contribution in [3.63, 3.8) is 0 Å². The molecule has 1 aliphatic heterocycles. The second-order valence-corrected chi connectivity index (χ2v) is 11.9. The van der Waals surface area contributed by atoms with E-state index < -0.39 is 28.9 Å². The van der Waals surface area contributed by atoms with Crippen molar-refractivity contribution in [2.24, 2.45) is 22.7 Å². The molecule has 2 N–H and O–H groups in total. The average Bonchev–Trinajstić information content (AvgIpc) is 3.06. The lowest BCUT2D eigenvalue weighted by atomic mass is 9.44. The first-order chi connectivity index (χ1) is 13.7. The van der Waals surface area contributed by atoms with E-state index in [4.69, 9.17) is 9.47 Å². The Balaban J connectivity index is 1.76. The van der Waals surface area contributed by atoms with Crippen molar-refractivity contribution in [1.29, 1.82) is 0 Å². The summed E-state index contributed by atoms with van der Waals surface area (Å²) in [5.74, 6) is 0.132. The molecule has 1 unspecified atom stereocenters. The van der Waals surface area contributed by atoms with E-state index in [1.165, 1.54) is 33.3 Å². The Morgan fingerprint density at radius 3 is 2.40 bits per heavy atom. The average molecular weight is 425 g/mol. The molecule has 1 saturated heterocycles. The van der Waals surface area contributed by atoms with Gasteiger partial charge in [-0.05, 0) is 87.9 Å². The Bertz CT molecular complexity index is 658. The van der Waals surface area contributed by atoms with Gasteiger partial charge in [-0.1, -0.05) is 34.1 Å². The molecule has 7 atom stereocenters. The van der Waals surface area contributed by atoms with Gasteiger partial charge < -0.3 is 19.7 Å². The predicted octanol–water partition coefficient (Wildman–Crippen LogP) is 4.62. The van der Waals surface area contributed by atoms with Crippen LogP contribution in [0.2, 0.25) is 0 Å². The SMILES string of the molecule is COC(=O)[C@](C)(O)[C@H]1CC[C@](C)(CC[C@@]2(O)[C@H](C)CCC3C(C)(C)CCC[C@@]32C)O1. The summed E-state index contributed by atoms with van der Waals surface area (Å²) in [6.07, 6.45) is 7.98.